The number of hydrogen-bond acceptors (Lipinski definition) is 0. The molecule has 0 rings (SSSR count). The molecule has 0 saturated carbocycles. The quantitative estimate of drug-likeness (QED) is 0.390. The van der Waals surface area contributed by atoms with E-state index in [0.717, 1.165) is 0 Å². The van der Waals surface area contributed by atoms with Gasteiger partial charge in [-0.2, -0.15) is 0 Å². The van der Waals surface area contributed by atoms with E-state index in [1.165, 1.54) is 0 Å². The molecule has 0 radical (unpaired) electrons. The van der Waals surface area contributed by atoms with E-state index in [4.69, 9.17) is 0 Å². The Bertz CT molecular complexity index is 4.14. The van der Waals surface area contributed by atoms with Crippen LogP contribution in [0.4, 0.5) is 0 Å². The standard InChI is InChI=1S/6ClH.Nb/h6*1H;/q;;;;;;+5/p-5. The average molecular weight is 307 g/mol. The van der Waals surface area contributed by atoms with Gasteiger partial charge in [0.25, 0.3) is 0 Å². The molecule has 0 aliphatic heterocycles. The summed E-state index contributed by atoms with van der Waals surface area (Å²) in [5.74, 6) is 0. The van der Waals surface area contributed by atoms with Gasteiger partial charge in [-0.1, -0.05) is 0 Å². The van der Waals surface area contributed by atoms with E-state index in [2.05, 4.69) is 0 Å². The third-order valence-electron chi connectivity index (χ3n) is 0. The largest absolute Gasteiger partial charge is 5.00 e. The molecule has 0 fully saturated rings. The first-order chi connectivity index (χ1) is 0. The van der Waals surface area contributed by atoms with Gasteiger partial charge in [0.2, 0.25) is 0 Å². The van der Waals surface area contributed by atoms with Crippen LogP contribution in [0.15, 0.2) is 0 Å². The maximum atomic E-state index is 0. The minimum absolute atomic E-state index is 0. The van der Waals surface area contributed by atoms with Crippen molar-refractivity contribution in [1.29, 1.82) is 0 Å². The summed E-state index contributed by atoms with van der Waals surface area (Å²) in [6, 6.07) is 0. The first-order valence-electron chi connectivity index (χ1n) is 0. The average Bonchev–Trinajstić information content (AvgIpc) is 0. The van der Waals surface area contributed by atoms with Gasteiger partial charge in [0.15, 0.2) is 0 Å². The van der Waals surface area contributed by atoms with Gasteiger partial charge in [-0.15, -0.1) is 12.4 Å². The Morgan fingerprint density at radius 3 is 0.429 bits per heavy atom. The van der Waals surface area contributed by atoms with Crippen molar-refractivity contribution < 1.29 is 84.4 Å². The molecule has 0 aromatic carbocycles. The van der Waals surface area contributed by atoms with Crippen molar-refractivity contribution in [3.63, 3.8) is 0 Å². The van der Waals surface area contributed by atoms with Crippen molar-refractivity contribution in [3.05, 3.63) is 0 Å². The summed E-state index contributed by atoms with van der Waals surface area (Å²) in [6.45, 7) is 0. The summed E-state index contributed by atoms with van der Waals surface area (Å²) >= 11 is 0. The van der Waals surface area contributed by atoms with Crippen LogP contribution in [-0.2, 0) is 22.4 Å². The molecule has 0 heterocycles. The van der Waals surface area contributed by atoms with Crippen LogP contribution in [0.5, 0.6) is 0 Å². The second-order valence-corrected chi connectivity index (χ2v) is 0. The number of hydrogen-bond donors (Lipinski definition) is 0. The zero-order chi connectivity index (χ0) is 0. The van der Waals surface area contributed by atoms with Crippen LogP contribution in [0.1, 0.15) is 0 Å². The van der Waals surface area contributed by atoms with Crippen molar-refractivity contribution in [2.45, 2.75) is 0 Å². The maximum absolute atomic E-state index is 0. The molecular formula is HCl6Nb. The fraction of sp³-hybridized carbons (Fsp3) is 0. The van der Waals surface area contributed by atoms with E-state index in [9.17, 15) is 0 Å². The normalized spacial score (nSPS) is 0. The summed E-state index contributed by atoms with van der Waals surface area (Å²) in [4.78, 5) is 0. The Labute approximate surface area is 95.9 Å². The predicted octanol–water partition coefficient (Wildman–Crippen LogP) is -14.6. The van der Waals surface area contributed by atoms with E-state index < -0.39 is 0 Å². The Morgan fingerprint density at radius 2 is 0.429 bits per heavy atom. The van der Waals surface area contributed by atoms with Crippen LogP contribution in [-0.4, -0.2) is 0 Å². The Kier molecular flexibility index (Phi) is 1220. The fourth-order valence-corrected chi connectivity index (χ4v) is 0. The molecule has 0 aliphatic rings. The third-order valence-corrected chi connectivity index (χ3v) is 0. The van der Waals surface area contributed by atoms with Crippen molar-refractivity contribution in [2.24, 2.45) is 0 Å². The SMILES string of the molecule is Cl.[Cl-].[Cl-].[Cl-].[Cl-].[Cl-].[Nb+5]. The van der Waals surface area contributed by atoms with Crippen LogP contribution in [0.3, 0.4) is 0 Å². The zero-order valence-electron chi connectivity index (χ0n) is 2.75. The molecule has 0 spiro atoms. The molecule has 0 amide bonds. The van der Waals surface area contributed by atoms with E-state index in [1.54, 1.807) is 0 Å². The van der Waals surface area contributed by atoms with Gasteiger partial charge >= 0.3 is 22.4 Å². The minimum atomic E-state index is 0. The smallest absolute Gasteiger partial charge is 1.00 e. The van der Waals surface area contributed by atoms with Crippen LogP contribution in [0.25, 0.3) is 0 Å². The molecule has 0 aliphatic carbocycles. The summed E-state index contributed by atoms with van der Waals surface area (Å²) in [7, 11) is 0. The molecule has 0 N–H and O–H groups in total. The fourth-order valence-electron chi connectivity index (χ4n) is 0. The van der Waals surface area contributed by atoms with Crippen LogP contribution >= 0.6 is 12.4 Å². The van der Waals surface area contributed by atoms with Crippen LogP contribution < -0.4 is 62.0 Å². The molecular weight excluding hydrogens is 306 g/mol. The summed E-state index contributed by atoms with van der Waals surface area (Å²) in [6.07, 6.45) is 0. The van der Waals surface area contributed by atoms with Crippen molar-refractivity contribution in [2.75, 3.05) is 0 Å². The summed E-state index contributed by atoms with van der Waals surface area (Å²) in [5.41, 5.74) is 0. The van der Waals surface area contributed by atoms with E-state index in [0.29, 0.717) is 0 Å². The van der Waals surface area contributed by atoms with Crippen LogP contribution in [0.2, 0.25) is 0 Å². The summed E-state index contributed by atoms with van der Waals surface area (Å²) in [5, 5.41) is 0. The van der Waals surface area contributed by atoms with Crippen molar-refractivity contribution in [3.8, 4) is 0 Å². The summed E-state index contributed by atoms with van der Waals surface area (Å²) < 4.78 is 0. The van der Waals surface area contributed by atoms with Gasteiger partial charge in [0.1, 0.15) is 0 Å². The monoisotopic (exact) mass is 304 g/mol. The molecule has 7 heavy (non-hydrogen) atoms. The van der Waals surface area contributed by atoms with Crippen molar-refractivity contribution >= 4 is 12.4 Å². The third kappa shape index (κ3) is 57.9. The van der Waals surface area contributed by atoms with Gasteiger partial charge < -0.3 is 62.0 Å². The maximum Gasteiger partial charge on any atom is 5.00 e. The number of rotatable bonds is 0. The predicted molar refractivity (Wildman–Crippen MR) is 7.25 cm³/mol. The molecule has 0 unspecified atom stereocenters. The van der Waals surface area contributed by atoms with Crippen LogP contribution in [0, 0.1) is 0 Å². The van der Waals surface area contributed by atoms with Gasteiger partial charge in [-0.05, 0) is 0 Å². The molecule has 0 nitrogen and oxygen atoms in total. The van der Waals surface area contributed by atoms with Gasteiger partial charge in [0, 0.05) is 0 Å². The molecule has 0 aromatic rings. The van der Waals surface area contributed by atoms with Crippen molar-refractivity contribution in [1.82, 2.24) is 0 Å². The second kappa shape index (κ2) is 77.1. The van der Waals surface area contributed by atoms with E-state index in [1.807, 2.05) is 0 Å². The Morgan fingerprint density at radius 1 is 0.429 bits per heavy atom. The molecule has 7 heteroatoms. The molecule has 0 bridgehead atoms. The van der Waals surface area contributed by atoms with Gasteiger partial charge in [0.05, 0.1) is 0 Å². The second-order valence-electron chi connectivity index (χ2n) is 0. The topological polar surface area (TPSA) is 0 Å². The molecule has 0 saturated heterocycles. The van der Waals surface area contributed by atoms with E-state index >= 15 is 0 Å². The Hall–Kier alpha value is 2.48. The first-order valence-corrected chi connectivity index (χ1v) is 0. The zero-order valence-corrected chi connectivity index (χ0v) is 9.54. The van der Waals surface area contributed by atoms with E-state index in [-0.39, 0.29) is 96.8 Å². The van der Waals surface area contributed by atoms with Gasteiger partial charge in [-0.25, -0.2) is 0 Å². The molecule has 48 valence electrons. The Balaban J connectivity index is 0. The minimum Gasteiger partial charge on any atom is -1.00 e. The molecule has 0 aromatic heterocycles. The number of halogens is 6. The van der Waals surface area contributed by atoms with Gasteiger partial charge in [-0.3, -0.25) is 0 Å². The first kappa shape index (κ1) is 111. The molecule has 0 atom stereocenters.